The van der Waals surface area contributed by atoms with Gasteiger partial charge in [0.05, 0.1) is 19.6 Å². The minimum atomic E-state index is -1.48. The number of hydrogen-bond acceptors (Lipinski definition) is 7. The molecule has 38 heavy (non-hydrogen) atoms. The minimum absolute atomic E-state index is 0.430. The lowest BCUT2D eigenvalue weighted by Crippen LogP contribution is -2.53. The zero-order valence-electron chi connectivity index (χ0n) is 22.1. The highest BCUT2D eigenvalue weighted by atomic mass is 16.6. The fourth-order valence-corrected chi connectivity index (χ4v) is 3.65. The van der Waals surface area contributed by atoms with Crippen molar-refractivity contribution in [3.05, 3.63) is 59.7 Å². The van der Waals surface area contributed by atoms with Crippen LogP contribution in [-0.2, 0) is 19.1 Å². The van der Waals surface area contributed by atoms with Crippen molar-refractivity contribution >= 4 is 29.5 Å². The molecule has 0 aliphatic heterocycles. The fraction of sp³-hybridized carbons (Fsp3) is 0.370. The quantitative estimate of drug-likeness (QED) is 0.403. The largest absolute Gasteiger partial charge is 0.497 e. The van der Waals surface area contributed by atoms with E-state index in [9.17, 15) is 24.4 Å². The zero-order valence-corrected chi connectivity index (χ0v) is 22.1. The highest BCUT2D eigenvalue weighted by molar-refractivity contribution is 6.00. The first kappa shape index (κ1) is 29.6. The van der Waals surface area contributed by atoms with Gasteiger partial charge in [0.1, 0.15) is 30.0 Å². The number of nitriles is 1. The van der Waals surface area contributed by atoms with Crippen LogP contribution in [0.15, 0.2) is 48.5 Å². The minimum Gasteiger partial charge on any atom is -0.497 e. The monoisotopic (exact) mass is 523 g/mol. The number of alkyl carbamates (subject to hydrolysis) is 1. The van der Waals surface area contributed by atoms with E-state index >= 15 is 0 Å². The van der Waals surface area contributed by atoms with Gasteiger partial charge in [-0.3, -0.25) is 14.4 Å². The van der Waals surface area contributed by atoms with E-state index in [0.29, 0.717) is 22.6 Å². The van der Waals surface area contributed by atoms with Gasteiger partial charge in [0.2, 0.25) is 11.8 Å². The molecule has 2 aromatic rings. The third kappa shape index (κ3) is 8.51. The molecule has 0 spiro atoms. The average molecular weight is 524 g/mol. The Balaban J connectivity index is 2.51. The summed E-state index contributed by atoms with van der Waals surface area (Å²) in [5.41, 5.74) is 6.04. The van der Waals surface area contributed by atoms with Crippen molar-refractivity contribution in [3.63, 3.8) is 0 Å². The molecule has 2 aromatic carbocycles. The standard InChI is InChI=1S/C27H33N5O6/c1-17-8-6-7-9-20(17)23(24(34)30-18-10-12-19(37-5)13-11-18)32(15-14-28)25(35)21(16-22(29)33)31-26(36)38-27(2,3)4/h6-13,21,23H,15-16H2,1-5H3,(H2,29,33)(H,30,34)(H,31,36). The molecular weight excluding hydrogens is 490 g/mol. The summed E-state index contributed by atoms with van der Waals surface area (Å²) in [5, 5.41) is 14.7. The molecule has 0 saturated carbocycles. The molecule has 202 valence electrons. The third-order valence-corrected chi connectivity index (χ3v) is 5.32. The van der Waals surface area contributed by atoms with Crippen molar-refractivity contribution in [3.8, 4) is 11.8 Å². The SMILES string of the molecule is COc1ccc(NC(=O)C(c2ccccc2C)N(CC#N)C(=O)C(CC(N)=O)NC(=O)OC(C)(C)C)cc1. The number of nitrogens with two attached hydrogens (primary N) is 1. The number of ether oxygens (including phenoxy) is 2. The molecule has 0 heterocycles. The fourth-order valence-electron chi connectivity index (χ4n) is 3.65. The molecule has 0 saturated heterocycles. The second-order valence-corrected chi connectivity index (χ2v) is 9.47. The molecule has 0 aliphatic rings. The van der Waals surface area contributed by atoms with E-state index in [1.807, 2.05) is 6.07 Å². The Bertz CT molecular complexity index is 1200. The van der Waals surface area contributed by atoms with Gasteiger partial charge >= 0.3 is 6.09 Å². The molecular formula is C27H33N5O6. The number of nitrogens with one attached hydrogen (secondary N) is 2. The van der Waals surface area contributed by atoms with E-state index in [-0.39, 0.29) is 0 Å². The van der Waals surface area contributed by atoms with Crippen molar-refractivity contribution in [2.75, 3.05) is 19.0 Å². The Kier molecular flexibility index (Phi) is 10.2. The Morgan fingerprint density at radius 2 is 1.71 bits per heavy atom. The summed E-state index contributed by atoms with van der Waals surface area (Å²) < 4.78 is 10.4. The lowest BCUT2D eigenvalue weighted by atomic mass is 9.97. The van der Waals surface area contributed by atoms with Gasteiger partial charge in [0.15, 0.2) is 0 Å². The second kappa shape index (κ2) is 13.1. The van der Waals surface area contributed by atoms with Crippen LogP contribution < -0.4 is 21.1 Å². The first-order valence-electron chi connectivity index (χ1n) is 11.8. The molecule has 0 radical (unpaired) electrons. The highest BCUT2D eigenvalue weighted by Gasteiger charge is 2.37. The molecule has 0 aromatic heterocycles. The smallest absolute Gasteiger partial charge is 0.408 e. The Hall–Kier alpha value is -4.59. The Labute approximate surface area is 221 Å². The third-order valence-electron chi connectivity index (χ3n) is 5.32. The number of aryl methyl sites for hydroxylation is 1. The van der Waals surface area contributed by atoms with E-state index in [1.54, 1.807) is 76.2 Å². The molecule has 11 nitrogen and oxygen atoms in total. The van der Waals surface area contributed by atoms with Crippen molar-refractivity contribution in [2.45, 2.75) is 51.8 Å². The molecule has 2 rings (SSSR count). The van der Waals surface area contributed by atoms with Gasteiger partial charge in [-0.05, 0) is 63.1 Å². The van der Waals surface area contributed by atoms with Gasteiger partial charge in [-0.15, -0.1) is 0 Å². The van der Waals surface area contributed by atoms with Crippen LogP contribution in [0, 0.1) is 18.3 Å². The van der Waals surface area contributed by atoms with Crippen LogP contribution in [0.5, 0.6) is 5.75 Å². The van der Waals surface area contributed by atoms with Crippen molar-refractivity contribution in [1.29, 1.82) is 5.26 Å². The highest BCUT2D eigenvalue weighted by Crippen LogP contribution is 2.27. The number of carbonyl (C=O) groups is 4. The van der Waals surface area contributed by atoms with E-state index in [1.165, 1.54) is 7.11 Å². The van der Waals surface area contributed by atoms with Gasteiger partial charge < -0.3 is 30.7 Å². The first-order valence-corrected chi connectivity index (χ1v) is 11.8. The molecule has 0 fully saturated rings. The van der Waals surface area contributed by atoms with Crippen LogP contribution in [0.1, 0.15) is 44.4 Å². The topological polar surface area (TPSA) is 164 Å². The van der Waals surface area contributed by atoms with Crippen LogP contribution in [-0.4, -0.2) is 54.0 Å². The van der Waals surface area contributed by atoms with Crippen molar-refractivity contribution in [1.82, 2.24) is 10.2 Å². The number of benzene rings is 2. The normalized spacial score (nSPS) is 12.3. The van der Waals surface area contributed by atoms with Crippen LogP contribution in [0.3, 0.4) is 0 Å². The predicted octanol–water partition coefficient (Wildman–Crippen LogP) is 2.80. The van der Waals surface area contributed by atoms with Crippen LogP contribution >= 0.6 is 0 Å². The second-order valence-electron chi connectivity index (χ2n) is 9.47. The summed E-state index contributed by atoms with van der Waals surface area (Å²) in [4.78, 5) is 52.6. The number of hydrogen-bond donors (Lipinski definition) is 3. The Morgan fingerprint density at radius 1 is 1.08 bits per heavy atom. The summed E-state index contributed by atoms with van der Waals surface area (Å²) in [7, 11) is 1.51. The van der Waals surface area contributed by atoms with Crippen molar-refractivity contribution in [2.24, 2.45) is 5.73 Å². The van der Waals surface area contributed by atoms with E-state index in [0.717, 1.165) is 4.90 Å². The van der Waals surface area contributed by atoms with Crippen LogP contribution in [0.2, 0.25) is 0 Å². The van der Waals surface area contributed by atoms with E-state index < -0.39 is 54.5 Å². The lowest BCUT2D eigenvalue weighted by molar-refractivity contribution is -0.141. The molecule has 2 atom stereocenters. The van der Waals surface area contributed by atoms with Gasteiger partial charge in [0, 0.05) is 5.69 Å². The number of methoxy groups -OCH3 is 1. The Morgan fingerprint density at radius 3 is 2.24 bits per heavy atom. The van der Waals surface area contributed by atoms with Crippen LogP contribution in [0.4, 0.5) is 10.5 Å². The maximum absolute atomic E-state index is 13.7. The van der Waals surface area contributed by atoms with Gasteiger partial charge in [-0.25, -0.2) is 4.79 Å². The number of primary amides is 1. The van der Waals surface area contributed by atoms with Crippen molar-refractivity contribution < 1.29 is 28.7 Å². The zero-order chi connectivity index (χ0) is 28.5. The summed E-state index contributed by atoms with van der Waals surface area (Å²) in [6, 6.07) is 12.6. The molecule has 0 aliphatic carbocycles. The number of amides is 4. The number of rotatable bonds is 10. The molecule has 0 bridgehead atoms. The summed E-state index contributed by atoms with van der Waals surface area (Å²) in [6.07, 6.45) is -1.52. The van der Waals surface area contributed by atoms with Gasteiger partial charge in [-0.1, -0.05) is 24.3 Å². The lowest BCUT2D eigenvalue weighted by Gasteiger charge is -2.33. The predicted molar refractivity (Wildman–Crippen MR) is 140 cm³/mol. The number of nitrogens with zero attached hydrogens (tertiary/aromatic N) is 2. The summed E-state index contributed by atoms with van der Waals surface area (Å²) in [5.74, 6) is -1.74. The number of carbonyl (C=O) groups excluding carboxylic acids is 4. The van der Waals surface area contributed by atoms with Gasteiger partial charge in [0.25, 0.3) is 5.91 Å². The summed E-state index contributed by atoms with van der Waals surface area (Å²) >= 11 is 0. The molecule has 4 N–H and O–H groups in total. The summed E-state index contributed by atoms with van der Waals surface area (Å²) in [6.45, 7) is 6.16. The molecule has 4 amide bonds. The first-order chi connectivity index (χ1) is 17.9. The number of anilines is 1. The van der Waals surface area contributed by atoms with Crippen LogP contribution in [0.25, 0.3) is 0 Å². The van der Waals surface area contributed by atoms with E-state index in [4.69, 9.17) is 15.2 Å². The molecule has 2 unspecified atom stereocenters. The maximum atomic E-state index is 13.7. The van der Waals surface area contributed by atoms with E-state index in [2.05, 4.69) is 10.6 Å². The molecule has 11 heteroatoms. The maximum Gasteiger partial charge on any atom is 0.408 e. The van der Waals surface area contributed by atoms with Gasteiger partial charge in [-0.2, -0.15) is 5.26 Å². The average Bonchev–Trinajstić information content (AvgIpc) is 2.83.